The minimum absolute atomic E-state index is 0.0333. The van der Waals surface area contributed by atoms with Crippen LogP contribution in [0, 0.1) is 12.8 Å². The molecule has 0 radical (unpaired) electrons. The summed E-state index contributed by atoms with van der Waals surface area (Å²) in [6.07, 6.45) is 2.87. The first-order valence-corrected chi connectivity index (χ1v) is 11.8. The van der Waals surface area contributed by atoms with Crippen LogP contribution in [-0.2, 0) is 13.0 Å². The summed E-state index contributed by atoms with van der Waals surface area (Å²) in [4.78, 5) is 22.0. The molecule has 0 atom stereocenters. The molecule has 1 aliphatic heterocycles. The fourth-order valence-electron chi connectivity index (χ4n) is 4.62. The van der Waals surface area contributed by atoms with Crippen LogP contribution in [0.2, 0.25) is 0 Å². The highest BCUT2D eigenvalue weighted by molar-refractivity contribution is 5.75. The van der Waals surface area contributed by atoms with E-state index in [1.807, 2.05) is 25.3 Å². The lowest BCUT2D eigenvalue weighted by Gasteiger charge is -2.36. The molecule has 1 N–H and O–H groups in total. The third-order valence-corrected chi connectivity index (χ3v) is 6.25. The number of tetrazole rings is 1. The van der Waals surface area contributed by atoms with Gasteiger partial charge in [0.05, 0.1) is 5.69 Å². The molecule has 1 fully saturated rings. The van der Waals surface area contributed by atoms with Gasteiger partial charge in [0, 0.05) is 56.2 Å². The number of aromatic amines is 1. The van der Waals surface area contributed by atoms with Crippen molar-refractivity contribution in [1.29, 1.82) is 0 Å². The molecule has 1 aliphatic rings. The highest BCUT2D eigenvalue weighted by atomic mass is 16.1. The molecular weight excluding hydrogens is 428 g/mol. The van der Waals surface area contributed by atoms with Crippen molar-refractivity contribution in [1.82, 2.24) is 34.9 Å². The zero-order chi connectivity index (χ0) is 23.7. The van der Waals surface area contributed by atoms with Crippen molar-refractivity contribution in [2.75, 3.05) is 31.1 Å². The lowest BCUT2D eigenvalue weighted by molar-refractivity contribution is 0.247. The average Bonchev–Trinajstić information content (AvgIpc) is 3.35. The highest BCUT2D eigenvalue weighted by Gasteiger charge is 2.22. The third kappa shape index (κ3) is 4.70. The van der Waals surface area contributed by atoms with Crippen LogP contribution in [0.3, 0.4) is 0 Å². The largest absolute Gasteiger partial charge is 0.368 e. The normalized spacial score (nSPS) is 14.9. The molecule has 176 valence electrons. The van der Waals surface area contributed by atoms with Gasteiger partial charge in [-0.15, -0.1) is 10.2 Å². The van der Waals surface area contributed by atoms with E-state index in [4.69, 9.17) is 4.98 Å². The lowest BCUT2D eigenvalue weighted by atomic mass is 9.99. The maximum atomic E-state index is 12.6. The number of pyridine rings is 1. The van der Waals surface area contributed by atoms with E-state index in [0.29, 0.717) is 23.9 Å². The van der Waals surface area contributed by atoms with Crippen molar-refractivity contribution in [3.8, 4) is 11.4 Å². The van der Waals surface area contributed by atoms with E-state index in [1.54, 1.807) is 10.5 Å². The van der Waals surface area contributed by atoms with Crippen molar-refractivity contribution in [2.24, 2.45) is 5.92 Å². The summed E-state index contributed by atoms with van der Waals surface area (Å²) in [5, 5.41) is 14.8. The number of nitrogens with one attached hydrogen (secondary N) is 1. The highest BCUT2D eigenvalue weighted by Crippen LogP contribution is 2.31. The second-order valence-electron chi connectivity index (χ2n) is 9.47. The Labute approximate surface area is 198 Å². The number of anilines is 1. The molecule has 0 amide bonds. The van der Waals surface area contributed by atoms with E-state index in [1.165, 1.54) is 5.56 Å². The van der Waals surface area contributed by atoms with Gasteiger partial charge in [-0.2, -0.15) is 5.21 Å². The van der Waals surface area contributed by atoms with Gasteiger partial charge in [-0.05, 0) is 53.8 Å². The fourth-order valence-corrected chi connectivity index (χ4v) is 4.62. The molecule has 3 aromatic heterocycles. The van der Waals surface area contributed by atoms with Gasteiger partial charge in [0.25, 0.3) is 5.56 Å². The predicted octanol–water partition coefficient (Wildman–Crippen LogP) is 2.70. The summed E-state index contributed by atoms with van der Waals surface area (Å²) in [6.45, 7) is 10.6. The molecule has 0 saturated carbocycles. The van der Waals surface area contributed by atoms with E-state index in [-0.39, 0.29) is 5.56 Å². The number of hydrogen-bond acceptors (Lipinski definition) is 7. The van der Waals surface area contributed by atoms with Crippen LogP contribution in [0.1, 0.15) is 30.7 Å². The molecule has 1 aromatic carbocycles. The molecule has 4 heterocycles. The number of hydrogen-bond donors (Lipinski definition) is 1. The van der Waals surface area contributed by atoms with Crippen molar-refractivity contribution >= 4 is 11.3 Å². The van der Waals surface area contributed by atoms with Crippen LogP contribution >= 0.6 is 0 Å². The quantitative estimate of drug-likeness (QED) is 0.475. The first-order chi connectivity index (χ1) is 16.5. The van der Waals surface area contributed by atoms with Crippen LogP contribution in [0.4, 0.5) is 5.69 Å². The zero-order valence-electron chi connectivity index (χ0n) is 19.9. The summed E-state index contributed by atoms with van der Waals surface area (Å²) in [5.41, 5.74) is 5.97. The number of benzene rings is 1. The molecule has 4 aromatic rings. The number of aryl methyl sites for hydroxylation is 1. The van der Waals surface area contributed by atoms with Gasteiger partial charge in [-0.3, -0.25) is 14.1 Å². The van der Waals surface area contributed by atoms with E-state index in [2.05, 4.69) is 62.5 Å². The van der Waals surface area contributed by atoms with Crippen molar-refractivity contribution in [2.45, 2.75) is 33.7 Å². The maximum absolute atomic E-state index is 12.6. The maximum Gasteiger partial charge on any atom is 0.258 e. The van der Waals surface area contributed by atoms with E-state index in [0.717, 1.165) is 55.1 Å². The third-order valence-electron chi connectivity index (χ3n) is 6.25. The Morgan fingerprint density at radius 1 is 1.06 bits per heavy atom. The summed E-state index contributed by atoms with van der Waals surface area (Å²) >= 11 is 0. The van der Waals surface area contributed by atoms with Gasteiger partial charge in [0.15, 0.2) is 0 Å². The number of nitrogens with zero attached hydrogens (tertiary/aromatic N) is 7. The van der Waals surface area contributed by atoms with Crippen molar-refractivity contribution < 1.29 is 0 Å². The van der Waals surface area contributed by atoms with Crippen molar-refractivity contribution in [3.05, 3.63) is 69.8 Å². The number of fused-ring (bicyclic) bond motifs is 1. The molecule has 0 bridgehead atoms. The van der Waals surface area contributed by atoms with Crippen molar-refractivity contribution in [3.63, 3.8) is 0 Å². The van der Waals surface area contributed by atoms with Crippen LogP contribution in [0.5, 0.6) is 0 Å². The number of H-pyrrole nitrogens is 1. The Kier molecular flexibility index (Phi) is 6.10. The zero-order valence-corrected chi connectivity index (χ0v) is 19.9. The topological polar surface area (TPSA) is 95.3 Å². The number of aromatic nitrogens is 6. The summed E-state index contributed by atoms with van der Waals surface area (Å²) in [7, 11) is 0. The van der Waals surface area contributed by atoms with Gasteiger partial charge in [-0.25, -0.2) is 4.98 Å². The Morgan fingerprint density at radius 3 is 2.62 bits per heavy atom. The SMILES string of the molecule is Cc1ccc2nc(CN3CCN(c4cc(CC(C)C)ccc4-c4nn[nH]n4)CC3)cc(=O)n2c1. The Bertz CT molecular complexity index is 1340. The summed E-state index contributed by atoms with van der Waals surface area (Å²) < 4.78 is 1.61. The standard InChI is InChI=1S/C25H30N8O/c1-17(2)12-19-5-6-21(25-27-29-30-28-25)22(13-19)32-10-8-31(9-11-32)16-20-14-24(34)33-15-18(3)4-7-23(33)26-20/h4-7,13-15,17H,8-12,16H2,1-3H3,(H,27,28,29,30). The molecule has 0 spiro atoms. The first-order valence-electron chi connectivity index (χ1n) is 11.8. The van der Waals surface area contributed by atoms with Crippen LogP contribution in [0.15, 0.2) is 47.4 Å². The van der Waals surface area contributed by atoms with Gasteiger partial charge < -0.3 is 4.90 Å². The fraction of sp³-hybridized carbons (Fsp3) is 0.400. The van der Waals surface area contributed by atoms with E-state index in [9.17, 15) is 4.79 Å². The second-order valence-corrected chi connectivity index (χ2v) is 9.47. The molecule has 0 unspecified atom stereocenters. The van der Waals surface area contributed by atoms with Crippen LogP contribution in [0.25, 0.3) is 17.0 Å². The molecule has 34 heavy (non-hydrogen) atoms. The molecule has 9 nitrogen and oxygen atoms in total. The number of rotatable bonds is 6. The van der Waals surface area contributed by atoms with Crippen LogP contribution < -0.4 is 10.5 Å². The summed E-state index contributed by atoms with van der Waals surface area (Å²) in [5.74, 6) is 1.20. The Balaban J connectivity index is 1.33. The van der Waals surface area contributed by atoms with E-state index < -0.39 is 0 Å². The molecular formula is C25H30N8O. The minimum atomic E-state index is -0.0333. The van der Waals surface area contributed by atoms with Gasteiger partial charge in [-0.1, -0.05) is 26.0 Å². The summed E-state index contributed by atoms with van der Waals surface area (Å²) in [6, 6.07) is 12.1. The number of piperazine rings is 1. The monoisotopic (exact) mass is 458 g/mol. The molecule has 1 saturated heterocycles. The Hall–Kier alpha value is -3.59. The Morgan fingerprint density at radius 2 is 1.88 bits per heavy atom. The molecule has 5 rings (SSSR count). The minimum Gasteiger partial charge on any atom is -0.368 e. The average molecular weight is 459 g/mol. The molecule has 9 heteroatoms. The lowest BCUT2D eigenvalue weighted by Crippen LogP contribution is -2.46. The van der Waals surface area contributed by atoms with E-state index >= 15 is 0 Å². The first kappa shape index (κ1) is 22.2. The smallest absolute Gasteiger partial charge is 0.258 e. The van der Waals surface area contributed by atoms with Gasteiger partial charge in [0.1, 0.15) is 5.65 Å². The van der Waals surface area contributed by atoms with Crippen LogP contribution in [-0.4, -0.2) is 61.1 Å². The molecule has 0 aliphatic carbocycles. The van der Waals surface area contributed by atoms with Gasteiger partial charge in [0.2, 0.25) is 5.82 Å². The second kappa shape index (κ2) is 9.34. The van der Waals surface area contributed by atoms with Gasteiger partial charge >= 0.3 is 0 Å². The predicted molar refractivity (Wildman–Crippen MR) is 132 cm³/mol.